The largest absolute Gasteiger partial charge is 0.508 e. The van der Waals surface area contributed by atoms with Gasteiger partial charge in [0.15, 0.2) is 0 Å². The molecule has 1 aliphatic heterocycles. The summed E-state index contributed by atoms with van der Waals surface area (Å²) in [6.07, 6.45) is 9.31. The maximum Gasteiger partial charge on any atom is 0.500 e. The fourth-order valence-electron chi connectivity index (χ4n) is 6.14. The van der Waals surface area contributed by atoms with Crippen molar-refractivity contribution in [3.63, 3.8) is 0 Å². The number of aryl methyl sites for hydroxylation is 1. The fourth-order valence-corrected chi connectivity index (χ4v) is 8.76. The maximum absolute atomic E-state index is 10.4. The topological polar surface area (TPSA) is 84.8 Å². The molecule has 1 N–H and O–H groups in total. The summed E-state index contributed by atoms with van der Waals surface area (Å²) in [7, 11) is -2.69. The third-order valence-corrected chi connectivity index (χ3v) is 12.5. The second-order valence-electron chi connectivity index (χ2n) is 13.1. The number of benzene rings is 3. The second kappa shape index (κ2) is 21.3. The standard InChI is InChI=1S/C41H60O8Si/c1-5-41(31-43-32-41)33-46-38-23-19-35(20-24-38)34-17-21-37(22-18-34)44-27-13-11-9-10-12-14-28-45-39-25-26-40(42)36(30-39)16-15-29-50(47-6-2,48-7-3)49-8-4/h17-26,30,42H,5-16,27-29,31-33H2,1-4H3. The van der Waals surface area contributed by atoms with Crippen LogP contribution < -0.4 is 14.2 Å². The molecular formula is C41H60O8Si. The Balaban J connectivity index is 1.05. The van der Waals surface area contributed by atoms with Crippen molar-refractivity contribution in [3.05, 3.63) is 72.3 Å². The van der Waals surface area contributed by atoms with E-state index in [1.165, 1.54) is 12.8 Å². The Hall–Kier alpha value is -3.08. The van der Waals surface area contributed by atoms with Crippen molar-refractivity contribution < 1.29 is 37.3 Å². The molecule has 0 bridgehead atoms. The first-order valence-electron chi connectivity index (χ1n) is 18.8. The van der Waals surface area contributed by atoms with Crippen molar-refractivity contribution in [2.45, 2.75) is 91.5 Å². The predicted octanol–water partition coefficient (Wildman–Crippen LogP) is 9.64. The van der Waals surface area contributed by atoms with Gasteiger partial charge in [-0.2, -0.15) is 0 Å². The van der Waals surface area contributed by atoms with E-state index in [1.54, 1.807) is 6.07 Å². The van der Waals surface area contributed by atoms with Crippen LogP contribution in [0.5, 0.6) is 23.0 Å². The third kappa shape index (κ3) is 12.6. The minimum absolute atomic E-state index is 0.183. The quantitative estimate of drug-likeness (QED) is 0.0652. The van der Waals surface area contributed by atoms with E-state index in [4.69, 9.17) is 32.2 Å². The average molecular weight is 709 g/mol. The van der Waals surface area contributed by atoms with Gasteiger partial charge in [-0.3, -0.25) is 0 Å². The Labute approximate surface area is 301 Å². The zero-order chi connectivity index (χ0) is 35.5. The number of phenols is 1. The van der Waals surface area contributed by atoms with E-state index in [0.717, 1.165) is 98.3 Å². The van der Waals surface area contributed by atoms with Crippen LogP contribution in [0.15, 0.2) is 66.7 Å². The Morgan fingerprint density at radius 3 is 1.62 bits per heavy atom. The van der Waals surface area contributed by atoms with E-state index in [2.05, 4.69) is 43.3 Å². The van der Waals surface area contributed by atoms with Gasteiger partial charge in [0.2, 0.25) is 0 Å². The first-order valence-corrected chi connectivity index (χ1v) is 20.8. The number of hydrogen-bond acceptors (Lipinski definition) is 8. The Bertz CT molecular complexity index is 1340. The Kier molecular flexibility index (Phi) is 16.9. The summed E-state index contributed by atoms with van der Waals surface area (Å²) in [6, 6.07) is 22.9. The van der Waals surface area contributed by atoms with Crippen molar-refractivity contribution >= 4 is 8.80 Å². The molecule has 0 atom stereocenters. The fraction of sp³-hybridized carbons (Fsp3) is 0.561. The molecule has 0 spiro atoms. The zero-order valence-electron chi connectivity index (χ0n) is 30.9. The van der Waals surface area contributed by atoms with Gasteiger partial charge in [0.25, 0.3) is 0 Å². The average Bonchev–Trinajstić information content (AvgIpc) is 3.11. The molecule has 3 aromatic carbocycles. The van der Waals surface area contributed by atoms with Crippen LogP contribution in [0.25, 0.3) is 11.1 Å². The Morgan fingerprint density at radius 1 is 0.620 bits per heavy atom. The third-order valence-electron chi connectivity index (χ3n) is 9.30. The molecule has 1 saturated heterocycles. The smallest absolute Gasteiger partial charge is 0.500 e. The van der Waals surface area contributed by atoms with E-state index in [0.29, 0.717) is 45.2 Å². The monoisotopic (exact) mass is 708 g/mol. The van der Waals surface area contributed by atoms with E-state index in [9.17, 15) is 5.11 Å². The van der Waals surface area contributed by atoms with Gasteiger partial charge >= 0.3 is 8.80 Å². The molecule has 0 aromatic heterocycles. The molecule has 8 nitrogen and oxygen atoms in total. The molecule has 1 aliphatic rings. The lowest BCUT2D eigenvalue weighted by atomic mass is 9.84. The highest BCUT2D eigenvalue weighted by Gasteiger charge is 2.40. The number of unbranched alkanes of at least 4 members (excludes halogenated alkanes) is 5. The van der Waals surface area contributed by atoms with Crippen molar-refractivity contribution in [3.8, 4) is 34.1 Å². The van der Waals surface area contributed by atoms with Crippen LogP contribution >= 0.6 is 0 Å². The first kappa shape index (κ1) is 39.7. The van der Waals surface area contributed by atoms with E-state index < -0.39 is 8.80 Å². The molecule has 50 heavy (non-hydrogen) atoms. The molecule has 4 rings (SSSR count). The summed E-state index contributed by atoms with van der Waals surface area (Å²) in [5, 5.41) is 10.4. The van der Waals surface area contributed by atoms with Crippen LogP contribution in [0.1, 0.15) is 84.6 Å². The molecule has 0 saturated carbocycles. The summed E-state index contributed by atoms with van der Waals surface area (Å²) in [5.41, 5.74) is 3.39. The molecule has 3 aromatic rings. The lowest BCUT2D eigenvalue weighted by molar-refractivity contribution is -0.133. The molecular weight excluding hydrogens is 649 g/mol. The van der Waals surface area contributed by atoms with Crippen LogP contribution in [-0.4, -0.2) is 66.8 Å². The Morgan fingerprint density at radius 2 is 1.12 bits per heavy atom. The van der Waals surface area contributed by atoms with Gasteiger partial charge in [0.05, 0.1) is 38.4 Å². The molecule has 1 heterocycles. The van der Waals surface area contributed by atoms with Gasteiger partial charge in [-0.15, -0.1) is 0 Å². The number of rotatable bonds is 26. The van der Waals surface area contributed by atoms with Gasteiger partial charge in [0.1, 0.15) is 23.0 Å². The second-order valence-corrected chi connectivity index (χ2v) is 15.9. The summed E-state index contributed by atoms with van der Waals surface area (Å²) in [4.78, 5) is 0. The van der Waals surface area contributed by atoms with Gasteiger partial charge in [-0.25, -0.2) is 0 Å². The van der Waals surface area contributed by atoms with Crippen LogP contribution in [-0.2, 0) is 24.4 Å². The molecule has 1 fully saturated rings. The van der Waals surface area contributed by atoms with E-state index >= 15 is 0 Å². The van der Waals surface area contributed by atoms with Crippen LogP contribution in [0, 0.1) is 5.41 Å². The summed E-state index contributed by atoms with van der Waals surface area (Å²) < 4.78 is 41.4. The first-order chi connectivity index (χ1) is 24.4. The minimum Gasteiger partial charge on any atom is -0.508 e. The van der Waals surface area contributed by atoms with E-state index in [-0.39, 0.29) is 5.41 Å². The lowest BCUT2D eigenvalue weighted by Gasteiger charge is -2.40. The number of hydrogen-bond donors (Lipinski definition) is 1. The van der Waals surface area contributed by atoms with Crippen molar-refractivity contribution in [1.82, 2.24) is 0 Å². The SMILES string of the molecule is CCO[Si](CCCc1cc(OCCCCCCCCOc2ccc(-c3ccc(OCC4(CC)COC4)cc3)cc2)ccc1O)(OCC)OCC. The van der Waals surface area contributed by atoms with Crippen LogP contribution in [0.3, 0.4) is 0 Å². The van der Waals surface area contributed by atoms with Crippen molar-refractivity contribution in [2.75, 3.05) is 52.9 Å². The summed E-state index contributed by atoms with van der Waals surface area (Å²) in [5.74, 6) is 2.91. The predicted molar refractivity (Wildman–Crippen MR) is 201 cm³/mol. The minimum atomic E-state index is -2.69. The highest BCUT2D eigenvalue weighted by molar-refractivity contribution is 6.60. The number of phenolic OH excluding ortho intramolecular Hbond substituents is 1. The number of ether oxygens (including phenoxy) is 4. The molecule has 9 heteroatoms. The highest BCUT2D eigenvalue weighted by Crippen LogP contribution is 2.33. The van der Waals surface area contributed by atoms with Gasteiger partial charge in [-0.1, -0.05) is 56.9 Å². The van der Waals surface area contributed by atoms with Gasteiger partial charge in [0, 0.05) is 25.9 Å². The molecule has 276 valence electrons. The van der Waals surface area contributed by atoms with E-state index in [1.807, 2.05) is 45.0 Å². The highest BCUT2D eigenvalue weighted by atomic mass is 28.4. The lowest BCUT2D eigenvalue weighted by Crippen LogP contribution is -2.46. The molecule has 0 aliphatic carbocycles. The zero-order valence-corrected chi connectivity index (χ0v) is 31.9. The van der Waals surface area contributed by atoms with Gasteiger partial charge in [-0.05, 0) is 112 Å². The molecule has 0 amide bonds. The summed E-state index contributed by atoms with van der Waals surface area (Å²) in [6.45, 7) is 13.5. The van der Waals surface area contributed by atoms with Crippen molar-refractivity contribution in [1.29, 1.82) is 0 Å². The number of aromatic hydroxyl groups is 1. The van der Waals surface area contributed by atoms with Crippen LogP contribution in [0.2, 0.25) is 6.04 Å². The normalized spacial score (nSPS) is 13.9. The molecule has 0 radical (unpaired) electrons. The maximum atomic E-state index is 10.4. The van der Waals surface area contributed by atoms with Gasteiger partial charge < -0.3 is 37.3 Å². The van der Waals surface area contributed by atoms with Crippen molar-refractivity contribution in [2.24, 2.45) is 5.41 Å². The summed E-state index contributed by atoms with van der Waals surface area (Å²) >= 11 is 0. The van der Waals surface area contributed by atoms with Crippen LogP contribution in [0.4, 0.5) is 0 Å². The molecule has 0 unspecified atom stereocenters.